The maximum Gasteiger partial charge on any atom is 0.0412 e. The van der Waals surface area contributed by atoms with Crippen LogP contribution < -0.4 is 0 Å². The van der Waals surface area contributed by atoms with E-state index in [1.165, 1.54) is 95.9 Å². The van der Waals surface area contributed by atoms with Crippen LogP contribution in [-0.2, 0) is 0 Å². The molecule has 0 saturated carbocycles. The van der Waals surface area contributed by atoms with Gasteiger partial charge in [-0.25, -0.2) is 0 Å². The number of hydrogen-bond acceptors (Lipinski definition) is 0. The van der Waals surface area contributed by atoms with E-state index in [4.69, 9.17) is 0 Å². The number of unbranched alkanes of at least 4 members (excludes halogenated alkanes) is 13. The third kappa shape index (κ3) is 21.0. The Hall–Kier alpha value is 0.697. The third-order valence-corrected chi connectivity index (χ3v) is 5.38. The third-order valence-electron chi connectivity index (χ3n) is 4.03. The van der Waals surface area contributed by atoms with Crippen LogP contribution in [0, 0.1) is 0 Å². The van der Waals surface area contributed by atoms with Crippen molar-refractivity contribution < 1.29 is 0 Å². The predicted molar refractivity (Wildman–Crippen MR) is 103 cm³/mol. The van der Waals surface area contributed by atoms with Gasteiger partial charge < -0.3 is 0 Å². The minimum Gasteiger partial charge on any atom is -0.114 e. The molecular weight excluding hydrogens is 324 g/mol. The van der Waals surface area contributed by atoms with Crippen molar-refractivity contribution in [2.75, 3.05) is 0 Å². The molecule has 0 spiro atoms. The molecule has 0 amide bonds. The Bertz CT molecular complexity index is 159. The topological polar surface area (TPSA) is 0 Å². The zero-order valence-corrected chi connectivity index (χ0v) is 17.2. The van der Waals surface area contributed by atoms with Crippen molar-refractivity contribution in [2.24, 2.45) is 0 Å². The Morgan fingerprint density at radius 3 is 1.10 bits per heavy atom. The van der Waals surface area contributed by atoms with E-state index >= 15 is 0 Å². The van der Waals surface area contributed by atoms with Gasteiger partial charge in [-0.2, -0.15) is 0 Å². The molecule has 2 heteroatoms. The maximum atomic E-state index is 2.44. The molecule has 0 aliphatic rings. The molecule has 0 N–H and O–H groups in total. The van der Waals surface area contributed by atoms with E-state index in [9.17, 15) is 0 Å². The van der Waals surface area contributed by atoms with Crippen LogP contribution in [0.15, 0.2) is 0 Å². The van der Waals surface area contributed by atoms with Crippen LogP contribution >= 0.6 is 17.0 Å². The van der Waals surface area contributed by atoms with Crippen LogP contribution in [0.5, 0.6) is 0 Å². The molecule has 1 radical (unpaired) electrons. The second-order valence-electron chi connectivity index (χ2n) is 6.55. The van der Waals surface area contributed by atoms with Gasteiger partial charge in [0.15, 0.2) is 0 Å². The molecule has 0 unspecified atom stereocenters. The highest BCUT2D eigenvalue weighted by molar-refractivity contribution is 8.93. The highest BCUT2D eigenvalue weighted by Crippen LogP contribution is 2.13. The molecule has 0 aromatic heterocycles. The zero-order chi connectivity index (χ0) is 14.2. The summed E-state index contributed by atoms with van der Waals surface area (Å²) in [6.45, 7) is 7.17. The molecule has 0 aliphatic heterocycles. The molecule has 0 saturated heterocycles. The lowest BCUT2D eigenvalue weighted by Crippen LogP contribution is -1.97. The second kappa shape index (κ2) is 19.7. The summed E-state index contributed by atoms with van der Waals surface area (Å²) in [5, 5.41) is 0. The standard InChI is InChI=1S/C18H39Si.BrH/c1-4-5-6-7-8-9-10-11-12-13-14-15-16-17-18-19(2)3;/h4-18H2,1-3H3;1H. The summed E-state index contributed by atoms with van der Waals surface area (Å²) >= 11 is 0. The summed E-state index contributed by atoms with van der Waals surface area (Å²) in [4.78, 5) is 0. The van der Waals surface area contributed by atoms with Gasteiger partial charge in [0.25, 0.3) is 0 Å². The smallest absolute Gasteiger partial charge is 0.0412 e. The van der Waals surface area contributed by atoms with Crippen molar-refractivity contribution in [1.82, 2.24) is 0 Å². The van der Waals surface area contributed by atoms with Gasteiger partial charge in [0.2, 0.25) is 0 Å². The minimum atomic E-state index is 0. The van der Waals surface area contributed by atoms with E-state index in [-0.39, 0.29) is 25.8 Å². The summed E-state index contributed by atoms with van der Waals surface area (Å²) in [5.41, 5.74) is 0. The second-order valence-corrected chi connectivity index (χ2v) is 9.47. The molecule has 0 aromatic carbocycles. The Balaban J connectivity index is 0. The van der Waals surface area contributed by atoms with E-state index < -0.39 is 0 Å². The molecule has 0 nitrogen and oxygen atoms in total. The molecule has 0 rings (SSSR count). The first-order chi connectivity index (χ1) is 9.27. The van der Waals surface area contributed by atoms with E-state index in [0.29, 0.717) is 0 Å². The van der Waals surface area contributed by atoms with E-state index in [2.05, 4.69) is 20.0 Å². The summed E-state index contributed by atoms with van der Waals surface area (Å²) < 4.78 is 0. The van der Waals surface area contributed by atoms with Crippen molar-refractivity contribution in [1.29, 1.82) is 0 Å². The van der Waals surface area contributed by atoms with E-state index in [1.807, 2.05) is 0 Å². The molecule has 0 bridgehead atoms. The Labute approximate surface area is 141 Å². The van der Waals surface area contributed by atoms with E-state index in [1.54, 1.807) is 0 Å². The van der Waals surface area contributed by atoms with Crippen molar-refractivity contribution in [3.8, 4) is 0 Å². The molecule has 0 aromatic rings. The monoisotopic (exact) mass is 363 g/mol. The molecule has 123 valence electrons. The number of hydrogen-bond donors (Lipinski definition) is 0. The van der Waals surface area contributed by atoms with Crippen LogP contribution in [0.4, 0.5) is 0 Å². The van der Waals surface area contributed by atoms with Gasteiger partial charge in [-0.3, -0.25) is 0 Å². The fraction of sp³-hybridized carbons (Fsp3) is 1.00. The van der Waals surface area contributed by atoms with Crippen molar-refractivity contribution >= 4 is 25.8 Å². The summed E-state index contributed by atoms with van der Waals surface area (Å²) in [6.07, 6.45) is 20.7. The van der Waals surface area contributed by atoms with Gasteiger partial charge in [0.1, 0.15) is 0 Å². The first kappa shape index (κ1) is 23.0. The van der Waals surface area contributed by atoms with Crippen LogP contribution in [0.3, 0.4) is 0 Å². The van der Waals surface area contributed by atoms with Gasteiger partial charge in [0.05, 0.1) is 0 Å². The van der Waals surface area contributed by atoms with Crippen LogP contribution in [0.2, 0.25) is 19.1 Å². The molecular formula is C18H40BrSi. The molecule has 0 fully saturated rings. The van der Waals surface area contributed by atoms with Crippen LogP contribution in [-0.4, -0.2) is 8.80 Å². The fourth-order valence-corrected chi connectivity index (χ4v) is 3.63. The maximum absolute atomic E-state index is 2.44. The minimum absolute atomic E-state index is 0. The van der Waals surface area contributed by atoms with Gasteiger partial charge in [-0.15, -0.1) is 17.0 Å². The molecule has 0 atom stereocenters. The quantitative estimate of drug-likeness (QED) is 0.205. The lowest BCUT2D eigenvalue weighted by molar-refractivity contribution is 0.538. The Kier molecular flexibility index (Phi) is 22.6. The average Bonchev–Trinajstić information content (AvgIpc) is 2.39. The predicted octanol–water partition coefficient (Wildman–Crippen LogP) is 7.80. The van der Waals surface area contributed by atoms with Gasteiger partial charge >= 0.3 is 0 Å². The number of rotatable bonds is 15. The highest BCUT2D eigenvalue weighted by Gasteiger charge is 1.96. The fourth-order valence-electron chi connectivity index (χ4n) is 2.67. The van der Waals surface area contributed by atoms with Crippen LogP contribution in [0.1, 0.15) is 96.8 Å². The Morgan fingerprint density at radius 1 is 0.500 bits per heavy atom. The van der Waals surface area contributed by atoms with Gasteiger partial charge in [-0.1, -0.05) is 116 Å². The van der Waals surface area contributed by atoms with Crippen molar-refractivity contribution in [2.45, 2.75) is 116 Å². The molecule has 20 heavy (non-hydrogen) atoms. The van der Waals surface area contributed by atoms with Crippen molar-refractivity contribution in [3.05, 3.63) is 0 Å². The van der Waals surface area contributed by atoms with Gasteiger partial charge in [0, 0.05) is 8.80 Å². The summed E-state index contributed by atoms with van der Waals surface area (Å²) in [5.74, 6) is 0. The molecule has 0 aliphatic carbocycles. The largest absolute Gasteiger partial charge is 0.114 e. The SMILES string of the molecule is Br.CCCCCCCCCCCCCCCC[Si](C)C. The number of halogens is 1. The van der Waals surface area contributed by atoms with Crippen LogP contribution in [0.25, 0.3) is 0 Å². The Morgan fingerprint density at radius 2 is 0.800 bits per heavy atom. The first-order valence-corrected chi connectivity index (χ1v) is 11.8. The van der Waals surface area contributed by atoms with E-state index in [0.717, 1.165) is 0 Å². The highest BCUT2D eigenvalue weighted by atomic mass is 79.9. The normalized spacial score (nSPS) is 10.8. The van der Waals surface area contributed by atoms with Crippen molar-refractivity contribution in [3.63, 3.8) is 0 Å². The summed E-state index contributed by atoms with van der Waals surface area (Å²) in [7, 11) is 0.0497. The lowest BCUT2D eigenvalue weighted by atomic mass is 10.0. The van der Waals surface area contributed by atoms with Gasteiger partial charge in [-0.05, 0) is 0 Å². The zero-order valence-electron chi connectivity index (χ0n) is 14.5. The average molecular weight is 365 g/mol. The lowest BCUT2D eigenvalue weighted by Gasteiger charge is -2.04. The molecule has 0 heterocycles. The first-order valence-electron chi connectivity index (χ1n) is 9.06. The summed E-state index contributed by atoms with van der Waals surface area (Å²) in [6, 6.07) is 1.53.